The van der Waals surface area contributed by atoms with Crippen LogP contribution in [0.15, 0.2) is 54.7 Å². The van der Waals surface area contributed by atoms with Gasteiger partial charge in [-0.2, -0.15) is 0 Å². The molecule has 6 rings (SSSR count). The van der Waals surface area contributed by atoms with E-state index in [0.717, 1.165) is 75.4 Å². The van der Waals surface area contributed by atoms with E-state index in [1.165, 1.54) is 11.6 Å². The van der Waals surface area contributed by atoms with E-state index in [1.807, 2.05) is 17.0 Å². The lowest BCUT2D eigenvalue weighted by molar-refractivity contribution is 0.0707. The molecule has 0 spiro atoms. The van der Waals surface area contributed by atoms with E-state index in [0.29, 0.717) is 17.6 Å². The number of carbonyl (C=O) groups is 2. The Labute approximate surface area is 216 Å². The number of benzene rings is 2. The topological polar surface area (TPSA) is 65.5 Å². The zero-order valence-electron chi connectivity index (χ0n) is 21.0. The average molecular weight is 501 g/mol. The SMILES string of the molecule is O=C(NC1C[C@H]2CC[C@@H](C1)N2Cc1ccc2cc(F)ccc2c1)c1cccnc1C(=O)N1CCCCC1. The standard InChI is InChI=1S/C30H33FN4O2/c31-23-9-8-21-15-20(6-7-22(21)16-23)19-35-25-10-11-26(35)18-24(17-25)33-29(36)27-5-4-12-32-28(27)30(37)34-13-2-1-3-14-34/h4-9,12,15-16,24-26H,1-3,10-11,13-14,17-19H2,(H,33,36)/t24?,25-,26+. The molecule has 2 aromatic carbocycles. The molecule has 1 unspecified atom stereocenters. The van der Waals surface area contributed by atoms with Gasteiger partial charge in [0.05, 0.1) is 5.56 Å². The molecule has 3 fully saturated rings. The molecule has 0 aliphatic carbocycles. The van der Waals surface area contributed by atoms with Crippen LogP contribution in [0.2, 0.25) is 0 Å². The second-order valence-corrected chi connectivity index (χ2v) is 10.8. The molecular formula is C30H33FN4O2. The van der Waals surface area contributed by atoms with E-state index in [9.17, 15) is 14.0 Å². The Kier molecular flexibility index (Phi) is 6.63. The highest BCUT2D eigenvalue weighted by molar-refractivity contribution is 6.06. The van der Waals surface area contributed by atoms with Gasteiger partial charge in [-0.1, -0.05) is 18.2 Å². The Morgan fingerprint density at radius 1 is 0.946 bits per heavy atom. The Bertz CT molecular complexity index is 1310. The van der Waals surface area contributed by atoms with Crippen molar-refractivity contribution in [3.8, 4) is 0 Å². The van der Waals surface area contributed by atoms with Crippen LogP contribution in [0.1, 0.15) is 71.4 Å². The minimum absolute atomic E-state index is 0.0824. The van der Waals surface area contributed by atoms with Crippen LogP contribution < -0.4 is 5.32 Å². The van der Waals surface area contributed by atoms with Crippen LogP contribution in [0.25, 0.3) is 10.8 Å². The zero-order valence-corrected chi connectivity index (χ0v) is 21.0. The molecule has 3 saturated heterocycles. The molecule has 1 N–H and O–H groups in total. The van der Waals surface area contributed by atoms with Gasteiger partial charge in [0.1, 0.15) is 11.5 Å². The molecule has 7 heteroatoms. The predicted molar refractivity (Wildman–Crippen MR) is 141 cm³/mol. The summed E-state index contributed by atoms with van der Waals surface area (Å²) in [5, 5.41) is 5.21. The Hall–Kier alpha value is -3.32. The Balaban J connectivity index is 1.12. The van der Waals surface area contributed by atoms with Gasteiger partial charge in [-0.05, 0) is 91.6 Å². The highest BCUT2D eigenvalue weighted by atomic mass is 19.1. The van der Waals surface area contributed by atoms with Crippen molar-refractivity contribution in [2.45, 2.75) is 69.6 Å². The van der Waals surface area contributed by atoms with Crippen LogP contribution >= 0.6 is 0 Å². The summed E-state index contributed by atoms with van der Waals surface area (Å²) in [5.74, 6) is -0.553. The quantitative estimate of drug-likeness (QED) is 0.540. The van der Waals surface area contributed by atoms with Gasteiger partial charge in [-0.15, -0.1) is 0 Å². The molecule has 37 heavy (non-hydrogen) atoms. The Morgan fingerprint density at radius 3 is 2.46 bits per heavy atom. The number of fused-ring (bicyclic) bond motifs is 3. The van der Waals surface area contributed by atoms with Crippen molar-refractivity contribution in [2.75, 3.05) is 13.1 Å². The first-order valence-corrected chi connectivity index (χ1v) is 13.5. The largest absolute Gasteiger partial charge is 0.349 e. The first kappa shape index (κ1) is 24.0. The number of pyridine rings is 1. The van der Waals surface area contributed by atoms with E-state index < -0.39 is 0 Å². The van der Waals surface area contributed by atoms with E-state index in [4.69, 9.17) is 0 Å². The monoisotopic (exact) mass is 500 g/mol. The molecule has 3 aliphatic rings. The van der Waals surface area contributed by atoms with Gasteiger partial charge in [0.2, 0.25) is 0 Å². The van der Waals surface area contributed by atoms with E-state index in [-0.39, 0.29) is 29.4 Å². The van der Waals surface area contributed by atoms with Gasteiger partial charge in [-0.25, -0.2) is 4.39 Å². The average Bonchev–Trinajstić information content (AvgIpc) is 3.15. The summed E-state index contributed by atoms with van der Waals surface area (Å²) >= 11 is 0. The maximum Gasteiger partial charge on any atom is 0.273 e. The van der Waals surface area contributed by atoms with Gasteiger partial charge >= 0.3 is 0 Å². The molecule has 3 atom stereocenters. The van der Waals surface area contributed by atoms with Crippen molar-refractivity contribution in [1.29, 1.82) is 0 Å². The molecule has 1 aromatic heterocycles. The molecule has 6 nitrogen and oxygen atoms in total. The summed E-state index contributed by atoms with van der Waals surface area (Å²) in [6.07, 6.45) is 8.78. The second-order valence-electron chi connectivity index (χ2n) is 10.8. The van der Waals surface area contributed by atoms with Crippen molar-refractivity contribution < 1.29 is 14.0 Å². The lowest BCUT2D eigenvalue weighted by Crippen LogP contribution is -2.50. The lowest BCUT2D eigenvalue weighted by atomic mass is 9.95. The van der Waals surface area contributed by atoms with Gasteiger partial charge in [0, 0.05) is 44.0 Å². The maximum absolute atomic E-state index is 13.5. The molecule has 192 valence electrons. The lowest BCUT2D eigenvalue weighted by Gasteiger charge is -2.39. The highest BCUT2D eigenvalue weighted by Crippen LogP contribution is 2.37. The van der Waals surface area contributed by atoms with Gasteiger partial charge < -0.3 is 10.2 Å². The molecule has 4 heterocycles. The third-order valence-corrected chi connectivity index (χ3v) is 8.35. The minimum Gasteiger partial charge on any atom is -0.349 e. The smallest absolute Gasteiger partial charge is 0.273 e. The number of piperidine rings is 2. The predicted octanol–water partition coefficient (Wildman–Crippen LogP) is 4.93. The minimum atomic E-state index is -0.211. The first-order chi connectivity index (χ1) is 18.0. The number of nitrogens with one attached hydrogen (secondary N) is 1. The fourth-order valence-electron chi connectivity index (χ4n) is 6.49. The fourth-order valence-corrected chi connectivity index (χ4v) is 6.49. The summed E-state index contributed by atoms with van der Waals surface area (Å²) in [6, 6.07) is 15.5. The van der Waals surface area contributed by atoms with Gasteiger partial charge in [0.15, 0.2) is 0 Å². The molecule has 2 amide bonds. The number of hydrogen-bond donors (Lipinski definition) is 1. The molecular weight excluding hydrogens is 467 g/mol. The number of nitrogens with zero attached hydrogens (tertiary/aromatic N) is 3. The zero-order chi connectivity index (χ0) is 25.4. The van der Waals surface area contributed by atoms with Crippen molar-refractivity contribution in [2.24, 2.45) is 0 Å². The summed E-state index contributed by atoms with van der Waals surface area (Å²) in [4.78, 5) is 35.1. The number of carbonyl (C=O) groups excluding carboxylic acids is 2. The van der Waals surface area contributed by atoms with Crippen LogP contribution in [-0.2, 0) is 6.54 Å². The van der Waals surface area contributed by atoms with Crippen LogP contribution in [0.5, 0.6) is 0 Å². The third-order valence-electron chi connectivity index (χ3n) is 8.35. The number of likely N-dealkylation sites (tertiary alicyclic amines) is 1. The van der Waals surface area contributed by atoms with Crippen LogP contribution in [0.4, 0.5) is 4.39 Å². The number of aromatic nitrogens is 1. The molecule has 3 aliphatic heterocycles. The summed E-state index contributed by atoms with van der Waals surface area (Å²) in [5.41, 5.74) is 1.87. The van der Waals surface area contributed by atoms with E-state index in [2.05, 4.69) is 27.3 Å². The normalized spacial score (nSPS) is 23.8. The highest BCUT2D eigenvalue weighted by Gasteiger charge is 2.41. The van der Waals surface area contributed by atoms with Crippen molar-refractivity contribution in [3.63, 3.8) is 0 Å². The number of amides is 2. The maximum atomic E-state index is 13.5. The van der Waals surface area contributed by atoms with E-state index in [1.54, 1.807) is 24.4 Å². The number of halogens is 1. The van der Waals surface area contributed by atoms with Crippen LogP contribution in [-0.4, -0.2) is 57.8 Å². The fraction of sp³-hybridized carbons (Fsp3) is 0.433. The Morgan fingerprint density at radius 2 is 1.68 bits per heavy atom. The van der Waals surface area contributed by atoms with Crippen molar-refractivity contribution >= 4 is 22.6 Å². The van der Waals surface area contributed by atoms with Crippen LogP contribution in [0.3, 0.4) is 0 Å². The summed E-state index contributed by atoms with van der Waals surface area (Å²) < 4.78 is 13.5. The third kappa shape index (κ3) is 4.97. The van der Waals surface area contributed by atoms with Crippen molar-refractivity contribution in [3.05, 3.63) is 77.4 Å². The van der Waals surface area contributed by atoms with Gasteiger partial charge in [-0.3, -0.25) is 19.5 Å². The molecule has 0 radical (unpaired) electrons. The van der Waals surface area contributed by atoms with Gasteiger partial charge in [0.25, 0.3) is 11.8 Å². The molecule has 3 aromatic rings. The van der Waals surface area contributed by atoms with Crippen molar-refractivity contribution in [1.82, 2.24) is 20.1 Å². The number of hydrogen-bond acceptors (Lipinski definition) is 4. The van der Waals surface area contributed by atoms with E-state index >= 15 is 0 Å². The number of rotatable bonds is 5. The summed E-state index contributed by atoms with van der Waals surface area (Å²) in [7, 11) is 0. The molecule has 2 bridgehead atoms. The molecule has 0 saturated carbocycles. The van der Waals surface area contributed by atoms with Crippen LogP contribution in [0, 0.1) is 5.82 Å². The summed E-state index contributed by atoms with van der Waals surface area (Å²) in [6.45, 7) is 2.32. The second kappa shape index (κ2) is 10.2. The first-order valence-electron chi connectivity index (χ1n) is 13.5.